The van der Waals surface area contributed by atoms with Crippen molar-refractivity contribution in [1.29, 1.82) is 0 Å². The second kappa shape index (κ2) is 4.24. The van der Waals surface area contributed by atoms with Crippen LogP contribution in [-0.4, -0.2) is 27.9 Å². The number of fused-ring (bicyclic) bond motifs is 1. The first-order valence-electron chi connectivity index (χ1n) is 5.17. The maximum Gasteiger partial charge on any atom is 0.263 e. The molecule has 0 bridgehead atoms. The summed E-state index contributed by atoms with van der Waals surface area (Å²) in [6.45, 7) is 0.254. The van der Waals surface area contributed by atoms with Gasteiger partial charge in [0, 0.05) is 0 Å². The summed E-state index contributed by atoms with van der Waals surface area (Å²) in [7, 11) is 0. The van der Waals surface area contributed by atoms with Gasteiger partial charge in [0.2, 0.25) is 6.79 Å². The van der Waals surface area contributed by atoms with Crippen molar-refractivity contribution in [2.45, 2.75) is 0 Å². The predicted octanol–water partition coefficient (Wildman–Crippen LogP) is 0.167. The Morgan fingerprint density at radius 2 is 2.28 bits per heavy atom. The lowest BCUT2D eigenvalue weighted by atomic mass is 10.2. The third-order valence-electron chi connectivity index (χ3n) is 2.35. The number of hydrazone groups is 1. The summed E-state index contributed by atoms with van der Waals surface area (Å²) >= 11 is 0. The van der Waals surface area contributed by atoms with E-state index < -0.39 is 0 Å². The van der Waals surface area contributed by atoms with E-state index in [1.807, 2.05) is 18.2 Å². The molecule has 1 aliphatic heterocycles. The van der Waals surface area contributed by atoms with Crippen LogP contribution in [0.1, 0.15) is 5.56 Å². The standard InChI is InChI=1S/C10H10N6O2/c11-16-5-13-15-10(16)14-12-4-7-1-2-8-9(3-7)18-6-17-8/h1-5H,6,11H2,(H,14,15)/b12-4-. The Bertz CT molecular complexity index is 594. The summed E-state index contributed by atoms with van der Waals surface area (Å²) < 4.78 is 11.7. The van der Waals surface area contributed by atoms with E-state index in [9.17, 15) is 0 Å². The van der Waals surface area contributed by atoms with Gasteiger partial charge in [-0.15, -0.1) is 10.2 Å². The lowest BCUT2D eigenvalue weighted by Crippen LogP contribution is -2.10. The number of nitrogens with zero attached hydrogens (tertiary/aromatic N) is 4. The lowest BCUT2D eigenvalue weighted by molar-refractivity contribution is 0.174. The van der Waals surface area contributed by atoms with Crippen molar-refractivity contribution < 1.29 is 9.47 Å². The van der Waals surface area contributed by atoms with Crippen LogP contribution >= 0.6 is 0 Å². The summed E-state index contributed by atoms with van der Waals surface area (Å²) in [5, 5.41) is 11.3. The van der Waals surface area contributed by atoms with Gasteiger partial charge in [0.15, 0.2) is 11.5 Å². The number of nitrogen functional groups attached to an aromatic ring is 1. The van der Waals surface area contributed by atoms with Gasteiger partial charge >= 0.3 is 0 Å². The fourth-order valence-corrected chi connectivity index (χ4v) is 1.48. The number of hydrogen-bond donors (Lipinski definition) is 2. The molecule has 0 atom stereocenters. The van der Waals surface area contributed by atoms with Crippen molar-refractivity contribution in [3.05, 3.63) is 30.1 Å². The van der Waals surface area contributed by atoms with Crippen molar-refractivity contribution in [3.63, 3.8) is 0 Å². The van der Waals surface area contributed by atoms with Crippen LogP contribution in [-0.2, 0) is 0 Å². The normalized spacial score (nSPS) is 13.1. The van der Waals surface area contributed by atoms with E-state index in [2.05, 4.69) is 20.7 Å². The molecule has 0 amide bonds. The fraction of sp³-hybridized carbons (Fsp3) is 0.100. The van der Waals surface area contributed by atoms with Crippen LogP contribution in [0, 0.1) is 0 Å². The van der Waals surface area contributed by atoms with E-state index in [-0.39, 0.29) is 6.79 Å². The molecule has 1 aromatic heterocycles. The zero-order chi connectivity index (χ0) is 12.4. The van der Waals surface area contributed by atoms with Gasteiger partial charge in [0.05, 0.1) is 6.21 Å². The molecule has 92 valence electrons. The third kappa shape index (κ3) is 1.90. The molecular weight excluding hydrogens is 236 g/mol. The highest BCUT2D eigenvalue weighted by Crippen LogP contribution is 2.31. The first-order chi connectivity index (χ1) is 8.83. The number of nitrogens with one attached hydrogen (secondary N) is 1. The zero-order valence-electron chi connectivity index (χ0n) is 9.28. The minimum Gasteiger partial charge on any atom is -0.454 e. The Kier molecular flexibility index (Phi) is 2.45. The SMILES string of the molecule is Nn1cnnc1N/N=C\c1ccc2c(c1)OCO2. The van der Waals surface area contributed by atoms with Gasteiger partial charge in [-0.2, -0.15) is 5.10 Å². The van der Waals surface area contributed by atoms with Crippen LogP contribution in [0.4, 0.5) is 5.95 Å². The van der Waals surface area contributed by atoms with E-state index in [1.54, 1.807) is 6.21 Å². The molecule has 2 aromatic rings. The Labute approximate surface area is 102 Å². The monoisotopic (exact) mass is 246 g/mol. The van der Waals surface area contributed by atoms with Crippen molar-refractivity contribution in [2.75, 3.05) is 18.1 Å². The van der Waals surface area contributed by atoms with Crippen LogP contribution in [0.5, 0.6) is 11.5 Å². The molecule has 0 fully saturated rings. The number of hydrogen-bond acceptors (Lipinski definition) is 7. The molecule has 1 aliphatic rings. The van der Waals surface area contributed by atoms with Crippen molar-refractivity contribution >= 4 is 12.2 Å². The molecule has 8 nitrogen and oxygen atoms in total. The van der Waals surface area contributed by atoms with Crippen molar-refractivity contribution in [3.8, 4) is 11.5 Å². The van der Waals surface area contributed by atoms with Crippen LogP contribution in [0.15, 0.2) is 29.6 Å². The number of nitrogens with two attached hydrogens (primary N) is 1. The number of ether oxygens (including phenoxy) is 2. The Morgan fingerprint density at radius 3 is 3.11 bits per heavy atom. The van der Waals surface area contributed by atoms with E-state index >= 15 is 0 Å². The molecule has 8 heteroatoms. The Morgan fingerprint density at radius 1 is 1.39 bits per heavy atom. The van der Waals surface area contributed by atoms with Gasteiger partial charge in [-0.05, 0) is 23.8 Å². The van der Waals surface area contributed by atoms with Crippen LogP contribution in [0.2, 0.25) is 0 Å². The summed E-state index contributed by atoms with van der Waals surface area (Å²) in [5.74, 6) is 7.31. The van der Waals surface area contributed by atoms with E-state index in [4.69, 9.17) is 15.3 Å². The smallest absolute Gasteiger partial charge is 0.263 e. The topological polar surface area (TPSA) is 99.6 Å². The Balaban J connectivity index is 1.71. The molecule has 0 unspecified atom stereocenters. The molecule has 3 rings (SSSR count). The number of rotatable bonds is 3. The summed E-state index contributed by atoms with van der Waals surface area (Å²) in [4.78, 5) is 0. The molecule has 2 heterocycles. The predicted molar refractivity (Wildman–Crippen MR) is 64.0 cm³/mol. The minimum absolute atomic E-state index is 0.254. The second-order valence-corrected chi connectivity index (χ2v) is 3.54. The highest BCUT2D eigenvalue weighted by Gasteiger charge is 2.12. The molecular formula is C10H10N6O2. The van der Waals surface area contributed by atoms with Crippen molar-refractivity contribution in [1.82, 2.24) is 14.9 Å². The number of anilines is 1. The number of benzene rings is 1. The largest absolute Gasteiger partial charge is 0.454 e. The van der Waals surface area contributed by atoms with E-state index in [0.717, 1.165) is 11.3 Å². The van der Waals surface area contributed by atoms with Gasteiger partial charge in [-0.25, -0.2) is 10.1 Å². The molecule has 1 aromatic carbocycles. The highest BCUT2D eigenvalue weighted by atomic mass is 16.7. The van der Waals surface area contributed by atoms with Crippen LogP contribution in [0.25, 0.3) is 0 Å². The maximum atomic E-state index is 5.51. The van der Waals surface area contributed by atoms with Gasteiger partial charge in [0.1, 0.15) is 6.33 Å². The molecule has 0 saturated heterocycles. The van der Waals surface area contributed by atoms with Crippen molar-refractivity contribution in [2.24, 2.45) is 5.10 Å². The van der Waals surface area contributed by atoms with Gasteiger partial charge in [-0.3, -0.25) is 0 Å². The fourth-order valence-electron chi connectivity index (χ4n) is 1.48. The molecule has 0 radical (unpaired) electrons. The van der Waals surface area contributed by atoms with E-state index in [1.165, 1.54) is 11.0 Å². The summed E-state index contributed by atoms with van der Waals surface area (Å²) in [6.07, 6.45) is 3.00. The lowest BCUT2D eigenvalue weighted by Gasteiger charge is -1.99. The molecule has 0 aliphatic carbocycles. The van der Waals surface area contributed by atoms with Gasteiger partial charge in [-0.1, -0.05) is 0 Å². The summed E-state index contributed by atoms with van der Waals surface area (Å²) in [5.41, 5.74) is 3.54. The highest BCUT2D eigenvalue weighted by molar-refractivity contribution is 5.81. The zero-order valence-corrected chi connectivity index (χ0v) is 9.28. The van der Waals surface area contributed by atoms with Crippen LogP contribution in [0.3, 0.4) is 0 Å². The van der Waals surface area contributed by atoms with E-state index in [0.29, 0.717) is 11.7 Å². The number of aromatic nitrogens is 3. The first-order valence-corrected chi connectivity index (χ1v) is 5.17. The maximum absolute atomic E-state index is 5.51. The minimum atomic E-state index is 0.254. The summed E-state index contributed by atoms with van der Waals surface area (Å²) in [6, 6.07) is 5.53. The Hall–Kier alpha value is -2.77. The quantitative estimate of drug-likeness (QED) is 0.455. The average molecular weight is 246 g/mol. The molecule has 18 heavy (non-hydrogen) atoms. The average Bonchev–Trinajstić information content (AvgIpc) is 2.98. The molecule has 3 N–H and O–H groups in total. The second-order valence-electron chi connectivity index (χ2n) is 3.54. The van der Waals surface area contributed by atoms with Crippen LogP contribution < -0.4 is 20.7 Å². The third-order valence-corrected chi connectivity index (χ3v) is 2.35. The van der Waals surface area contributed by atoms with Gasteiger partial charge in [0.25, 0.3) is 5.95 Å². The molecule has 0 spiro atoms. The molecule has 0 saturated carbocycles. The van der Waals surface area contributed by atoms with Gasteiger partial charge < -0.3 is 15.3 Å². The first kappa shape index (κ1) is 10.4.